The van der Waals surface area contributed by atoms with Crippen LogP contribution in [0.1, 0.15) is 18.6 Å². The van der Waals surface area contributed by atoms with Crippen molar-refractivity contribution in [1.82, 2.24) is 9.78 Å². The summed E-state index contributed by atoms with van der Waals surface area (Å²) in [7, 11) is 0. The van der Waals surface area contributed by atoms with Crippen molar-refractivity contribution >= 4 is 0 Å². The summed E-state index contributed by atoms with van der Waals surface area (Å²) in [5.41, 5.74) is 0.273. The second kappa shape index (κ2) is 5.64. The third-order valence-corrected chi connectivity index (χ3v) is 2.57. The van der Waals surface area contributed by atoms with Crippen LogP contribution in [0.3, 0.4) is 0 Å². The Labute approximate surface area is 105 Å². The Balaban J connectivity index is 1.92. The van der Waals surface area contributed by atoms with Gasteiger partial charge in [0.05, 0.1) is 12.6 Å². The highest BCUT2D eigenvalue weighted by atomic mass is 19.1. The van der Waals surface area contributed by atoms with Crippen molar-refractivity contribution in [1.29, 1.82) is 0 Å². The molecule has 0 aliphatic carbocycles. The van der Waals surface area contributed by atoms with Crippen molar-refractivity contribution in [2.45, 2.75) is 19.6 Å². The van der Waals surface area contributed by atoms with Crippen molar-refractivity contribution in [3.8, 4) is 5.75 Å². The van der Waals surface area contributed by atoms with Gasteiger partial charge in [-0.25, -0.2) is 4.39 Å². The number of nitrogens with zero attached hydrogens (tertiary/aromatic N) is 2. The molecule has 1 atom stereocenters. The summed E-state index contributed by atoms with van der Waals surface area (Å²) in [4.78, 5) is 0. The molecule has 96 valence electrons. The molecule has 0 saturated carbocycles. The molecule has 0 radical (unpaired) electrons. The fraction of sp³-hybridized carbons (Fsp3) is 0.308. The third-order valence-electron chi connectivity index (χ3n) is 2.57. The van der Waals surface area contributed by atoms with Gasteiger partial charge in [-0.2, -0.15) is 5.10 Å². The zero-order chi connectivity index (χ0) is 13.0. The van der Waals surface area contributed by atoms with Crippen LogP contribution in [0.5, 0.6) is 5.75 Å². The number of aromatic nitrogens is 2. The number of rotatable bonds is 5. The summed E-state index contributed by atoms with van der Waals surface area (Å²) >= 11 is 0. The van der Waals surface area contributed by atoms with Crippen molar-refractivity contribution < 1.29 is 14.2 Å². The summed E-state index contributed by atoms with van der Waals surface area (Å²) < 4.78 is 20.7. The summed E-state index contributed by atoms with van der Waals surface area (Å²) in [5.74, 6) is -0.00866. The van der Waals surface area contributed by atoms with Gasteiger partial charge in [0.25, 0.3) is 0 Å². The Morgan fingerprint density at radius 3 is 2.94 bits per heavy atom. The maximum Gasteiger partial charge on any atom is 0.132 e. The van der Waals surface area contributed by atoms with Crippen LogP contribution in [-0.2, 0) is 6.54 Å². The first-order valence-corrected chi connectivity index (χ1v) is 5.74. The zero-order valence-electron chi connectivity index (χ0n) is 10.1. The van der Waals surface area contributed by atoms with Gasteiger partial charge in [-0.05, 0) is 25.1 Å². The first-order chi connectivity index (χ1) is 8.66. The fourth-order valence-electron chi connectivity index (χ4n) is 1.63. The zero-order valence-corrected chi connectivity index (χ0v) is 10.1. The minimum Gasteiger partial charge on any atom is -0.492 e. The number of hydrogen-bond donors (Lipinski definition) is 1. The third kappa shape index (κ3) is 3.07. The van der Waals surface area contributed by atoms with E-state index in [1.165, 1.54) is 19.1 Å². The minimum absolute atomic E-state index is 0.273. The Morgan fingerprint density at radius 1 is 1.50 bits per heavy atom. The maximum absolute atomic E-state index is 13.5. The molecular formula is C13H15FN2O2. The van der Waals surface area contributed by atoms with E-state index in [-0.39, 0.29) is 5.56 Å². The molecule has 0 fully saturated rings. The lowest BCUT2D eigenvalue weighted by Crippen LogP contribution is -2.08. The van der Waals surface area contributed by atoms with E-state index in [2.05, 4.69) is 5.10 Å². The lowest BCUT2D eigenvalue weighted by Gasteiger charge is -2.10. The van der Waals surface area contributed by atoms with E-state index in [1.807, 2.05) is 12.3 Å². The second-order valence-electron chi connectivity index (χ2n) is 3.98. The highest BCUT2D eigenvalue weighted by Crippen LogP contribution is 2.21. The van der Waals surface area contributed by atoms with Crippen molar-refractivity contribution in [2.24, 2.45) is 0 Å². The molecule has 0 bridgehead atoms. The number of ether oxygens (including phenoxy) is 1. The predicted octanol–water partition coefficient (Wildman–Crippen LogP) is 2.15. The van der Waals surface area contributed by atoms with Gasteiger partial charge >= 0.3 is 0 Å². The van der Waals surface area contributed by atoms with Crippen molar-refractivity contribution in [2.75, 3.05) is 6.61 Å². The largest absolute Gasteiger partial charge is 0.492 e. The van der Waals surface area contributed by atoms with Crippen molar-refractivity contribution in [3.63, 3.8) is 0 Å². The van der Waals surface area contributed by atoms with Gasteiger partial charge < -0.3 is 9.84 Å². The molecule has 0 spiro atoms. The molecule has 0 aliphatic heterocycles. The van der Waals surface area contributed by atoms with E-state index >= 15 is 0 Å². The van der Waals surface area contributed by atoms with Crippen LogP contribution in [0.15, 0.2) is 36.7 Å². The van der Waals surface area contributed by atoms with Crippen LogP contribution in [0.4, 0.5) is 4.39 Å². The highest BCUT2D eigenvalue weighted by molar-refractivity contribution is 5.29. The lowest BCUT2D eigenvalue weighted by molar-refractivity contribution is 0.194. The molecule has 0 aliphatic rings. The molecule has 0 amide bonds. The van der Waals surface area contributed by atoms with Gasteiger partial charge in [0.2, 0.25) is 0 Å². The van der Waals surface area contributed by atoms with Crippen LogP contribution >= 0.6 is 0 Å². The average Bonchev–Trinajstić information content (AvgIpc) is 2.81. The highest BCUT2D eigenvalue weighted by Gasteiger charge is 2.08. The standard InChI is InChI=1S/C13H15FN2O2/c1-10(17)12-4-3-11(9-13(12)14)18-8-7-16-6-2-5-15-16/h2-6,9-10,17H,7-8H2,1H3/t10-/m1/s1. The first-order valence-electron chi connectivity index (χ1n) is 5.74. The van der Waals surface area contributed by atoms with E-state index in [1.54, 1.807) is 16.9 Å². The second-order valence-corrected chi connectivity index (χ2v) is 3.98. The van der Waals surface area contributed by atoms with Gasteiger partial charge in [-0.15, -0.1) is 0 Å². The molecule has 0 saturated heterocycles. The Hall–Kier alpha value is -1.88. The summed E-state index contributed by atoms with van der Waals surface area (Å²) in [6, 6.07) is 6.29. The van der Waals surface area contributed by atoms with Gasteiger partial charge in [0, 0.05) is 24.0 Å². The Bertz CT molecular complexity index is 498. The molecule has 1 aromatic heterocycles. The van der Waals surface area contributed by atoms with Gasteiger partial charge in [0.1, 0.15) is 18.2 Å². The predicted molar refractivity (Wildman–Crippen MR) is 64.8 cm³/mol. The van der Waals surface area contributed by atoms with Crippen LogP contribution < -0.4 is 4.74 Å². The lowest BCUT2D eigenvalue weighted by atomic mass is 10.1. The number of aliphatic hydroxyl groups is 1. The molecule has 0 unspecified atom stereocenters. The topological polar surface area (TPSA) is 47.3 Å². The summed E-state index contributed by atoms with van der Waals surface area (Å²) in [6.07, 6.45) is 2.71. The molecule has 1 heterocycles. The van der Waals surface area contributed by atoms with E-state index < -0.39 is 11.9 Å². The molecule has 4 nitrogen and oxygen atoms in total. The number of aliphatic hydroxyl groups excluding tert-OH is 1. The molecular weight excluding hydrogens is 235 g/mol. The van der Waals surface area contributed by atoms with Gasteiger partial charge in [0.15, 0.2) is 0 Å². The van der Waals surface area contributed by atoms with Crippen LogP contribution in [0.25, 0.3) is 0 Å². The smallest absolute Gasteiger partial charge is 0.132 e. The molecule has 2 rings (SSSR count). The number of hydrogen-bond acceptors (Lipinski definition) is 3. The molecule has 5 heteroatoms. The minimum atomic E-state index is -0.817. The Kier molecular flexibility index (Phi) is 3.94. The molecule has 1 N–H and O–H groups in total. The molecule has 18 heavy (non-hydrogen) atoms. The van der Waals surface area contributed by atoms with E-state index in [4.69, 9.17) is 4.74 Å². The van der Waals surface area contributed by atoms with E-state index in [0.717, 1.165) is 0 Å². The monoisotopic (exact) mass is 250 g/mol. The summed E-state index contributed by atoms with van der Waals surface area (Å²) in [5, 5.41) is 13.3. The SMILES string of the molecule is C[C@@H](O)c1ccc(OCCn2cccn2)cc1F. The first kappa shape index (κ1) is 12.6. The van der Waals surface area contributed by atoms with Crippen LogP contribution in [0, 0.1) is 5.82 Å². The fourth-order valence-corrected chi connectivity index (χ4v) is 1.63. The summed E-state index contributed by atoms with van der Waals surface area (Å²) in [6.45, 7) is 2.54. The number of halogens is 1. The quantitative estimate of drug-likeness (QED) is 0.884. The van der Waals surface area contributed by atoms with Gasteiger partial charge in [-0.1, -0.05) is 0 Å². The molecule has 2 aromatic rings. The average molecular weight is 250 g/mol. The van der Waals surface area contributed by atoms with E-state index in [0.29, 0.717) is 18.9 Å². The van der Waals surface area contributed by atoms with Crippen LogP contribution in [-0.4, -0.2) is 21.5 Å². The van der Waals surface area contributed by atoms with Crippen LogP contribution in [0.2, 0.25) is 0 Å². The maximum atomic E-state index is 13.5. The Morgan fingerprint density at radius 2 is 2.33 bits per heavy atom. The van der Waals surface area contributed by atoms with Gasteiger partial charge in [-0.3, -0.25) is 4.68 Å². The molecule has 1 aromatic carbocycles. The number of benzene rings is 1. The van der Waals surface area contributed by atoms with E-state index in [9.17, 15) is 9.50 Å². The normalized spacial score (nSPS) is 12.4. The van der Waals surface area contributed by atoms with Crippen molar-refractivity contribution in [3.05, 3.63) is 48.0 Å².